The Labute approximate surface area is 122 Å². The van der Waals surface area contributed by atoms with Crippen molar-refractivity contribution in [3.8, 4) is 11.8 Å². The zero-order valence-electron chi connectivity index (χ0n) is 11.2. The molecule has 108 valence electrons. The molecule has 0 radical (unpaired) electrons. The van der Waals surface area contributed by atoms with Gasteiger partial charge in [-0.1, -0.05) is 6.07 Å². The fourth-order valence-corrected chi connectivity index (χ4v) is 2.86. The molecule has 0 aliphatic rings. The van der Waals surface area contributed by atoms with Crippen LogP contribution in [0.15, 0.2) is 47.4 Å². The van der Waals surface area contributed by atoms with Crippen LogP contribution in [-0.2, 0) is 10.0 Å². The van der Waals surface area contributed by atoms with E-state index in [9.17, 15) is 8.42 Å². The van der Waals surface area contributed by atoms with Crippen molar-refractivity contribution in [1.82, 2.24) is 0 Å². The SMILES string of the molecule is COc1cc(C#N)ccc1NS(=O)(=O)c1cccc(N)c1. The topological polar surface area (TPSA) is 105 Å². The zero-order valence-corrected chi connectivity index (χ0v) is 12.0. The molecule has 0 saturated carbocycles. The number of hydrogen-bond donors (Lipinski definition) is 2. The molecule has 0 unspecified atom stereocenters. The highest BCUT2D eigenvalue weighted by molar-refractivity contribution is 7.92. The first kappa shape index (κ1) is 14.7. The van der Waals surface area contributed by atoms with E-state index in [2.05, 4.69) is 4.72 Å². The van der Waals surface area contributed by atoms with Gasteiger partial charge in [-0.3, -0.25) is 4.72 Å². The fourth-order valence-electron chi connectivity index (χ4n) is 1.73. The van der Waals surface area contributed by atoms with Crippen LogP contribution in [0, 0.1) is 11.3 Å². The number of nitrogens with one attached hydrogen (secondary N) is 1. The third-order valence-corrected chi connectivity index (χ3v) is 4.11. The smallest absolute Gasteiger partial charge is 0.262 e. The van der Waals surface area contributed by atoms with Crippen molar-refractivity contribution in [2.75, 3.05) is 17.6 Å². The molecule has 7 heteroatoms. The van der Waals surface area contributed by atoms with Crippen molar-refractivity contribution in [3.63, 3.8) is 0 Å². The summed E-state index contributed by atoms with van der Waals surface area (Å²) in [6, 6.07) is 12.3. The highest BCUT2D eigenvalue weighted by Gasteiger charge is 2.17. The molecule has 0 spiro atoms. The average Bonchev–Trinajstić information content (AvgIpc) is 2.47. The summed E-state index contributed by atoms with van der Waals surface area (Å²) < 4.78 is 32.1. The largest absolute Gasteiger partial charge is 0.495 e. The van der Waals surface area contributed by atoms with Gasteiger partial charge in [-0.25, -0.2) is 8.42 Å². The summed E-state index contributed by atoms with van der Waals surface area (Å²) in [4.78, 5) is 0.0499. The Hall–Kier alpha value is -2.72. The van der Waals surface area contributed by atoms with E-state index in [1.54, 1.807) is 12.1 Å². The van der Waals surface area contributed by atoms with Crippen molar-refractivity contribution in [1.29, 1.82) is 5.26 Å². The minimum Gasteiger partial charge on any atom is -0.495 e. The van der Waals surface area contributed by atoms with Crippen LogP contribution in [0.1, 0.15) is 5.56 Å². The number of rotatable bonds is 4. The lowest BCUT2D eigenvalue weighted by Crippen LogP contribution is -2.14. The molecule has 0 atom stereocenters. The number of sulfonamides is 1. The molecule has 21 heavy (non-hydrogen) atoms. The molecule has 0 aliphatic carbocycles. The Morgan fingerprint density at radius 1 is 1.24 bits per heavy atom. The van der Waals surface area contributed by atoms with E-state index in [4.69, 9.17) is 15.7 Å². The molecule has 3 N–H and O–H groups in total. The van der Waals surface area contributed by atoms with E-state index >= 15 is 0 Å². The van der Waals surface area contributed by atoms with Crippen LogP contribution in [0.25, 0.3) is 0 Å². The van der Waals surface area contributed by atoms with Gasteiger partial charge in [-0.05, 0) is 30.3 Å². The van der Waals surface area contributed by atoms with E-state index in [1.165, 1.54) is 37.4 Å². The molecule has 0 fully saturated rings. The van der Waals surface area contributed by atoms with Crippen molar-refractivity contribution in [2.24, 2.45) is 0 Å². The number of nitriles is 1. The molecule has 2 rings (SSSR count). The number of methoxy groups -OCH3 is 1. The number of nitrogen functional groups attached to an aromatic ring is 1. The maximum atomic E-state index is 12.3. The van der Waals surface area contributed by atoms with E-state index in [-0.39, 0.29) is 16.3 Å². The van der Waals surface area contributed by atoms with E-state index in [0.29, 0.717) is 11.3 Å². The van der Waals surface area contributed by atoms with Gasteiger partial charge in [0.15, 0.2) is 0 Å². The summed E-state index contributed by atoms with van der Waals surface area (Å²) in [5.41, 5.74) is 6.56. The Morgan fingerprint density at radius 3 is 2.62 bits per heavy atom. The quantitative estimate of drug-likeness (QED) is 0.840. The third-order valence-electron chi connectivity index (χ3n) is 2.74. The summed E-state index contributed by atoms with van der Waals surface area (Å²) in [6.07, 6.45) is 0. The number of nitrogens with two attached hydrogens (primary N) is 1. The lowest BCUT2D eigenvalue weighted by molar-refractivity contribution is 0.416. The molecule has 0 aromatic heterocycles. The summed E-state index contributed by atoms with van der Waals surface area (Å²) in [6.45, 7) is 0. The third kappa shape index (κ3) is 3.24. The number of anilines is 2. The highest BCUT2D eigenvalue weighted by atomic mass is 32.2. The zero-order chi connectivity index (χ0) is 15.5. The molecule has 0 amide bonds. The van der Waals surface area contributed by atoms with Crippen LogP contribution >= 0.6 is 0 Å². The van der Waals surface area contributed by atoms with Crippen molar-refractivity contribution < 1.29 is 13.2 Å². The number of ether oxygens (including phenoxy) is 1. The van der Waals surface area contributed by atoms with Crippen molar-refractivity contribution >= 4 is 21.4 Å². The second-order valence-electron chi connectivity index (χ2n) is 4.20. The van der Waals surface area contributed by atoms with Crippen LogP contribution in [0.2, 0.25) is 0 Å². The number of benzene rings is 2. The molecule has 6 nitrogen and oxygen atoms in total. The molecular weight excluding hydrogens is 290 g/mol. The second kappa shape index (κ2) is 5.73. The van der Waals surface area contributed by atoms with Gasteiger partial charge in [0.2, 0.25) is 0 Å². The Kier molecular flexibility index (Phi) is 4.00. The molecule has 0 saturated heterocycles. The van der Waals surface area contributed by atoms with Crippen LogP contribution in [0.4, 0.5) is 11.4 Å². The van der Waals surface area contributed by atoms with Gasteiger partial charge in [-0.2, -0.15) is 5.26 Å². The van der Waals surface area contributed by atoms with E-state index < -0.39 is 10.0 Å². The number of nitrogens with zero attached hydrogens (tertiary/aromatic N) is 1. The number of hydrogen-bond acceptors (Lipinski definition) is 5. The van der Waals surface area contributed by atoms with Gasteiger partial charge in [0.25, 0.3) is 10.0 Å². The first-order valence-electron chi connectivity index (χ1n) is 5.93. The molecule has 2 aromatic carbocycles. The Morgan fingerprint density at radius 2 is 2.00 bits per heavy atom. The lowest BCUT2D eigenvalue weighted by atomic mass is 10.2. The minimum absolute atomic E-state index is 0.0499. The molecule has 0 aliphatic heterocycles. The van der Waals surface area contributed by atoms with Crippen LogP contribution in [-0.4, -0.2) is 15.5 Å². The predicted molar refractivity (Wildman–Crippen MR) is 79.4 cm³/mol. The van der Waals surface area contributed by atoms with Crippen LogP contribution in [0.3, 0.4) is 0 Å². The summed E-state index contributed by atoms with van der Waals surface area (Å²) in [5.74, 6) is 0.265. The summed E-state index contributed by atoms with van der Waals surface area (Å²) in [5, 5.41) is 8.83. The molecule has 0 heterocycles. The molecule has 2 aromatic rings. The van der Waals surface area contributed by atoms with Crippen LogP contribution < -0.4 is 15.2 Å². The fraction of sp³-hybridized carbons (Fsp3) is 0.0714. The summed E-state index contributed by atoms with van der Waals surface area (Å²) >= 11 is 0. The summed E-state index contributed by atoms with van der Waals surface area (Å²) in [7, 11) is -2.38. The van der Waals surface area contributed by atoms with Crippen molar-refractivity contribution in [2.45, 2.75) is 4.90 Å². The monoisotopic (exact) mass is 303 g/mol. The Balaban J connectivity index is 2.40. The maximum absolute atomic E-state index is 12.3. The van der Waals surface area contributed by atoms with Crippen LogP contribution in [0.5, 0.6) is 5.75 Å². The first-order chi connectivity index (χ1) is 9.96. The van der Waals surface area contributed by atoms with E-state index in [1.807, 2.05) is 6.07 Å². The maximum Gasteiger partial charge on any atom is 0.262 e. The van der Waals surface area contributed by atoms with Gasteiger partial charge < -0.3 is 10.5 Å². The normalized spacial score (nSPS) is 10.7. The Bertz CT molecular complexity index is 810. The first-order valence-corrected chi connectivity index (χ1v) is 7.41. The highest BCUT2D eigenvalue weighted by Crippen LogP contribution is 2.28. The average molecular weight is 303 g/mol. The molecule has 0 bridgehead atoms. The predicted octanol–water partition coefficient (Wildman–Crippen LogP) is 1.95. The van der Waals surface area contributed by atoms with Gasteiger partial charge in [0.1, 0.15) is 5.75 Å². The minimum atomic E-state index is -3.78. The standard InChI is InChI=1S/C14H13N3O3S/c1-20-14-7-10(9-15)5-6-13(14)17-21(18,19)12-4-2-3-11(16)8-12/h2-8,17H,16H2,1H3. The van der Waals surface area contributed by atoms with E-state index in [0.717, 1.165) is 0 Å². The lowest BCUT2D eigenvalue weighted by Gasteiger charge is -2.12. The van der Waals surface area contributed by atoms with Gasteiger partial charge in [0, 0.05) is 11.8 Å². The van der Waals surface area contributed by atoms with Gasteiger partial charge in [-0.15, -0.1) is 0 Å². The van der Waals surface area contributed by atoms with Gasteiger partial charge >= 0.3 is 0 Å². The van der Waals surface area contributed by atoms with Crippen molar-refractivity contribution in [3.05, 3.63) is 48.0 Å². The van der Waals surface area contributed by atoms with Gasteiger partial charge in [0.05, 0.1) is 29.3 Å². The molecular formula is C14H13N3O3S. The second-order valence-corrected chi connectivity index (χ2v) is 5.89.